The number of hydrogen-bond acceptors (Lipinski definition) is 4. The second kappa shape index (κ2) is 4.13. The van der Waals surface area contributed by atoms with Crippen LogP contribution in [0.3, 0.4) is 0 Å². The van der Waals surface area contributed by atoms with E-state index in [9.17, 15) is 13.2 Å². The van der Waals surface area contributed by atoms with Crippen LogP contribution in [0.4, 0.5) is 13.2 Å². The number of alkyl halides is 3. The van der Waals surface area contributed by atoms with Crippen LogP contribution in [0.2, 0.25) is 0 Å². The third kappa shape index (κ3) is 2.26. The molecule has 0 atom stereocenters. The molecule has 0 amide bonds. The molecule has 0 aromatic carbocycles. The van der Waals surface area contributed by atoms with E-state index in [1.54, 1.807) is 0 Å². The van der Waals surface area contributed by atoms with E-state index < -0.39 is 11.9 Å². The monoisotopic (exact) mass is 243 g/mol. The molecule has 2 heterocycles. The zero-order chi connectivity index (χ0) is 12.5. The first-order valence-electron chi connectivity index (χ1n) is 4.65. The van der Waals surface area contributed by atoms with Crippen LogP contribution < -0.4 is 5.73 Å². The molecule has 90 valence electrons. The summed E-state index contributed by atoms with van der Waals surface area (Å²) in [5, 5.41) is 3.55. The summed E-state index contributed by atoms with van der Waals surface area (Å²) in [7, 11) is 0. The lowest BCUT2D eigenvalue weighted by Gasteiger charge is -2.08. The van der Waals surface area contributed by atoms with Crippen molar-refractivity contribution >= 4 is 0 Å². The van der Waals surface area contributed by atoms with E-state index in [0.29, 0.717) is 10.2 Å². The zero-order valence-corrected chi connectivity index (χ0v) is 8.52. The lowest BCUT2D eigenvalue weighted by molar-refractivity contribution is -0.142. The molecule has 2 N–H and O–H groups in total. The van der Waals surface area contributed by atoms with Gasteiger partial charge in [-0.1, -0.05) is 0 Å². The summed E-state index contributed by atoms with van der Waals surface area (Å²) in [6.45, 7) is 0.228. The van der Waals surface area contributed by atoms with E-state index in [0.717, 1.165) is 12.3 Å². The number of hydrogen-bond donors (Lipinski definition) is 1. The lowest BCUT2D eigenvalue weighted by Crippen LogP contribution is -2.15. The van der Waals surface area contributed by atoms with Gasteiger partial charge < -0.3 is 5.73 Å². The Bertz CT molecular complexity index is 502. The normalized spacial score (nSPS) is 11.8. The van der Waals surface area contributed by atoms with Gasteiger partial charge in [-0.2, -0.15) is 23.0 Å². The number of nitrogens with two attached hydrogens (primary N) is 1. The molecule has 0 unspecified atom stereocenters. The number of rotatable bonds is 2. The van der Waals surface area contributed by atoms with Gasteiger partial charge in [0.2, 0.25) is 0 Å². The average Bonchev–Trinajstić information content (AvgIpc) is 2.78. The molecule has 0 aliphatic heterocycles. The predicted molar refractivity (Wildman–Crippen MR) is 52.0 cm³/mol. The van der Waals surface area contributed by atoms with Gasteiger partial charge in [-0.25, -0.2) is 9.97 Å². The maximum atomic E-state index is 12.6. The van der Waals surface area contributed by atoms with Crippen LogP contribution >= 0.6 is 0 Å². The summed E-state index contributed by atoms with van der Waals surface area (Å²) in [5.41, 5.74) is 5.05. The van der Waals surface area contributed by atoms with Crippen molar-refractivity contribution < 1.29 is 13.2 Å². The number of aromatic nitrogens is 4. The summed E-state index contributed by atoms with van der Waals surface area (Å²) >= 11 is 0. The third-order valence-corrected chi connectivity index (χ3v) is 2.05. The minimum Gasteiger partial charge on any atom is -0.326 e. The van der Waals surface area contributed by atoms with Gasteiger partial charge in [-0.05, 0) is 6.07 Å². The molecule has 0 fully saturated rings. The van der Waals surface area contributed by atoms with Crippen LogP contribution in [-0.4, -0.2) is 19.7 Å². The second-order valence-corrected chi connectivity index (χ2v) is 3.22. The molecule has 2 aromatic rings. The largest absolute Gasteiger partial charge is 0.433 e. The quantitative estimate of drug-likeness (QED) is 0.858. The Hall–Kier alpha value is -1.96. The first-order chi connectivity index (χ1) is 8.02. The van der Waals surface area contributed by atoms with E-state index >= 15 is 0 Å². The van der Waals surface area contributed by atoms with Crippen molar-refractivity contribution in [3.05, 3.63) is 35.9 Å². The first-order valence-corrected chi connectivity index (χ1v) is 4.65. The highest BCUT2D eigenvalue weighted by Gasteiger charge is 2.35. The molecule has 0 radical (unpaired) electrons. The van der Waals surface area contributed by atoms with E-state index in [4.69, 9.17) is 5.73 Å². The van der Waals surface area contributed by atoms with Crippen molar-refractivity contribution in [2.45, 2.75) is 12.7 Å². The molecule has 17 heavy (non-hydrogen) atoms. The Labute approximate surface area is 94.1 Å². The van der Waals surface area contributed by atoms with Gasteiger partial charge in [-0.15, -0.1) is 0 Å². The molecule has 8 heteroatoms. The Morgan fingerprint density at radius 1 is 1.24 bits per heavy atom. The van der Waals surface area contributed by atoms with Crippen LogP contribution in [0, 0.1) is 0 Å². The van der Waals surface area contributed by atoms with Gasteiger partial charge >= 0.3 is 6.18 Å². The van der Waals surface area contributed by atoms with Crippen LogP contribution in [0.5, 0.6) is 0 Å². The minimum atomic E-state index is -4.49. The van der Waals surface area contributed by atoms with Gasteiger partial charge in [0.25, 0.3) is 5.95 Å². The summed E-state index contributed by atoms with van der Waals surface area (Å²) in [6, 6.07) is 0.861. The van der Waals surface area contributed by atoms with Crippen LogP contribution in [0.25, 0.3) is 5.95 Å². The second-order valence-electron chi connectivity index (χ2n) is 3.22. The van der Waals surface area contributed by atoms with Gasteiger partial charge in [-0.3, -0.25) is 0 Å². The smallest absolute Gasteiger partial charge is 0.326 e. The third-order valence-electron chi connectivity index (χ3n) is 2.05. The summed E-state index contributed by atoms with van der Waals surface area (Å²) in [6.07, 6.45) is -0.718. The molecule has 2 rings (SSSR count). The van der Waals surface area contributed by atoms with E-state index in [-0.39, 0.29) is 12.5 Å². The summed E-state index contributed by atoms with van der Waals surface area (Å²) < 4.78 is 38.4. The number of nitrogens with zero attached hydrogens (tertiary/aromatic N) is 4. The molecular formula is C9H8F3N5. The first kappa shape index (κ1) is 11.5. The Balaban J connectivity index is 2.43. The van der Waals surface area contributed by atoms with Crippen molar-refractivity contribution in [3.63, 3.8) is 0 Å². The predicted octanol–water partition coefficient (Wildman–Crippen LogP) is 1.14. The zero-order valence-electron chi connectivity index (χ0n) is 8.52. The fourth-order valence-electron chi connectivity index (χ4n) is 1.24. The maximum absolute atomic E-state index is 12.6. The van der Waals surface area contributed by atoms with E-state index in [2.05, 4.69) is 15.1 Å². The van der Waals surface area contributed by atoms with Crippen LogP contribution in [0.1, 0.15) is 11.3 Å². The van der Waals surface area contributed by atoms with Gasteiger partial charge in [0.05, 0.1) is 6.20 Å². The SMILES string of the molecule is NCc1cnc(-n2nccc2C(F)(F)F)nc1. The van der Waals surface area contributed by atoms with Crippen LogP contribution in [0.15, 0.2) is 24.7 Å². The van der Waals surface area contributed by atoms with E-state index in [1.807, 2.05) is 0 Å². The minimum absolute atomic E-state index is 0.139. The van der Waals surface area contributed by atoms with Crippen molar-refractivity contribution in [2.75, 3.05) is 0 Å². The summed E-state index contributed by atoms with van der Waals surface area (Å²) in [5.74, 6) is -0.139. The van der Waals surface area contributed by atoms with Crippen molar-refractivity contribution in [3.8, 4) is 5.95 Å². The number of halogens is 3. The van der Waals surface area contributed by atoms with Crippen molar-refractivity contribution in [1.29, 1.82) is 0 Å². The maximum Gasteiger partial charge on any atom is 0.433 e. The van der Waals surface area contributed by atoms with Crippen LogP contribution in [-0.2, 0) is 12.7 Å². The highest BCUT2D eigenvalue weighted by Crippen LogP contribution is 2.29. The molecular weight excluding hydrogens is 235 g/mol. The van der Waals surface area contributed by atoms with Crippen molar-refractivity contribution in [2.24, 2.45) is 5.73 Å². The highest BCUT2D eigenvalue weighted by molar-refractivity contribution is 5.19. The lowest BCUT2D eigenvalue weighted by atomic mass is 10.3. The van der Waals surface area contributed by atoms with Gasteiger partial charge in [0, 0.05) is 24.5 Å². The molecule has 2 aromatic heterocycles. The molecule has 0 bridgehead atoms. The molecule has 0 aliphatic rings. The van der Waals surface area contributed by atoms with Crippen molar-refractivity contribution in [1.82, 2.24) is 19.7 Å². The average molecular weight is 243 g/mol. The van der Waals surface area contributed by atoms with Gasteiger partial charge in [0.1, 0.15) is 0 Å². The molecule has 5 nitrogen and oxygen atoms in total. The topological polar surface area (TPSA) is 69.6 Å². The Kier molecular flexibility index (Phi) is 2.80. The van der Waals surface area contributed by atoms with E-state index in [1.165, 1.54) is 12.4 Å². The van der Waals surface area contributed by atoms with Gasteiger partial charge in [0.15, 0.2) is 5.69 Å². The standard InChI is InChI=1S/C9H8F3N5/c10-9(11,12)7-1-2-16-17(7)8-14-4-6(3-13)5-15-8/h1-2,4-5H,3,13H2. The fraction of sp³-hybridized carbons (Fsp3) is 0.222. The molecule has 0 aliphatic carbocycles. The molecule has 0 saturated heterocycles. The Morgan fingerprint density at radius 3 is 2.41 bits per heavy atom. The fourth-order valence-corrected chi connectivity index (χ4v) is 1.24. The molecule has 0 saturated carbocycles. The molecule has 0 spiro atoms. The highest BCUT2D eigenvalue weighted by atomic mass is 19.4. The Morgan fingerprint density at radius 2 is 1.88 bits per heavy atom. The summed E-state index contributed by atoms with van der Waals surface area (Å²) in [4.78, 5) is 7.55.